The molecule has 0 bridgehead atoms. The van der Waals surface area contributed by atoms with Gasteiger partial charge >= 0.3 is 0 Å². The molecule has 0 fully saturated rings. The maximum atomic E-state index is 11.9. The topological polar surface area (TPSA) is 53.1 Å². The lowest BCUT2D eigenvalue weighted by Crippen LogP contribution is -2.26. The molecule has 0 aliphatic carbocycles. The molecule has 0 spiro atoms. The van der Waals surface area contributed by atoms with Crippen LogP contribution in [0.1, 0.15) is 31.7 Å². The van der Waals surface area contributed by atoms with Crippen molar-refractivity contribution in [3.05, 3.63) is 16.4 Å². The van der Waals surface area contributed by atoms with Gasteiger partial charge in [-0.2, -0.15) is 5.10 Å². The van der Waals surface area contributed by atoms with E-state index in [1.165, 1.54) is 0 Å². The Morgan fingerprint density at radius 1 is 1.40 bits per heavy atom. The Kier molecular flexibility index (Phi) is 7.40. The number of hydrogen-bond acceptors (Lipinski definition) is 3. The fourth-order valence-electron chi connectivity index (χ4n) is 1.97. The maximum absolute atomic E-state index is 11.9. The Morgan fingerprint density at radius 2 is 2.10 bits per heavy atom. The Labute approximate surface area is 123 Å². The maximum Gasteiger partial charge on any atom is 0.261 e. The first kappa shape index (κ1) is 17.3. The summed E-state index contributed by atoms with van der Waals surface area (Å²) in [5.41, 5.74) is 7.77. The summed E-state index contributed by atoms with van der Waals surface area (Å²) >= 11 is 6.29. The van der Waals surface area contributed by atoms with Gasteiger partial charge in [0.05, 0.1) is 16.4 Å². The molecule has 0 aromatic carbocycles. The van der Waals surface area contributed by atoms with E-state index in [1.807, 2.05) is 18.5 Å². The van der Waals surface area contributed by atoms with Crippen LogP contribution >= 0.6 is 11.6 Å². The number of nitrogens with two attached hydrogens (primary N) is 1. The van der Waals surface area contributed by atoms with Gasteiger partial charge in [-0.05, 0) is 19.8 Å². The van der Waals surface area contributed by atoms with Crippen LogP contribution in [0, 0.1) is 0 Å². The Bertz CT molecular complexity index is 413. The summed E-state index contributed by atoms with van der Waals surface area (Å²) < 4.78 is 30.5. The number of aryl methyl sites for hydroxylation is 2. The van der Waals surface area contributed by atoms with Gasteiger partial charge in [0.1, 0.15) is 6.61 Å². The molecule has 1 aromatic rings. The first-order valence-corrected chi connectivity index (χ1v) is 7.22. The zero-order valence-corrected chi connectivity index (χ0v) is 12.7. The van der Waals surface area contributed by atoms with Crippen LogP contribution in [0.4, 0.5) is 8.78 Å². The highest BCUT2D eigenvalue weighted by atomic mass is 35.5. The predicted octanol–water partition coefficient (Wildman–Crippen LogP) is 2.66. The zero-order chi connectivity index (χ0) is 15.1. The van der Waals surface area contributed by atoms with E-state index in [0.29, 0.717) is 17.9 Å². The lowest BCUT2D eigenvalue weighted by Gasteiger charge is -2.13. The summed E-state index contributed by atoms with van der Waals surface area (Å²) in [6.45, 7) is 4.40. The molecular weight excluding hydrogens is 288 g/mol. The van der Waals surface area contributed by atoms with E-state index in [-0.39, 0.29) is 12.6 Å². The molecule has 0 aliphatic rings. The van der Waals surface area contributed by atoms with Crippen molar-refractivity contribution in [2.24, 2.45) is 5.73 Å². The number of aromatic nitrogens is 2. The minimum absolute atomic E-state index is 0.183. The average molecular weight is 310 g/mol. The van der Waals surface area contributed by atoms with Gasteiger partial charge in [0.25, 0.3) is 6.43 Å². The van der Waals surface area contributed by atoms with Crippen molar-refractivity contribution in [2.45, 2.75) is 52.1 Å². The third kappa shape index (κ3) is 5.00. The minimum atomic E-state index is -2.44. The molecule has 0 radical (unpaired) electrons. The lowest BCUT2D eigenvalue weighted by atomic mass is 10.1. The fourth-order valence-corrected chi connectivity index (χ4v) is 2.32. The Morgan fingerprint density at radius 3 is 2.65 bits per heavy atom. The molecule has 1 aromatic heterocycles. The van der Waals surface area contributed by atoms with Crippen LogP contribution in [0.2, 0.25) is 5.02 Å². The first-order valence-electron chi connectivity index (χ1n) is 6.85. The second-order valence-corrected chi connectivity index (χ2v) is 4.97. The van der Waals surface area contributed by atoms with Crippen LogP contribution in [0.25, 0.3) is 0 Å². The fraction of sp³-hybridized carbons (Fsp3) is 0.769. The van der Waals surface area contributed by atoms with Crippen LogP contribution in [-0.2, 0) is 24.1 Å². The van der Waals surface area contributed by atoms with Crippen molar-refractivity contribution < 1.29 is 13.5 Å². The number of halogens is 3. The van der Waals surface area contributed by atoms with Crippen molar-refractivity contribution >= 4 is 11.6 Å². The van der Waals surface area contributed by atoms with Gasteiger partial charge in [0.2, 0.25) is 0 Å². The summed E-state index contributed by atoms with van der Waals surface area (Å²) in [6.07, 6.45) is -0.586. The van der Waals surface area contributed by atoms with Gasteiger partial charge in [-0.1, -0.05) is 18.5 Å². The quantitative estimate of drug-likeness (QED) is 0.714. The van der Waals surface area contributed by atoms with Gasteiger partial charge in [-0.15, -0.1) is 0 Å². The monoisotopic (exact) mass is 309 g/mol. The normalized spacial score (nSPS) is 13.2. The number of ether oxygens (including phenoxy) is 1. The first-order chi connectivity index (χ1) is 9.49. The van der Waals surface area contributed by atoms with Gasteiger partial charge in [0.15, 0.2) is 0 Å². The molecule has 4 nitrogen and oxygen atoms in total. The van der Waals surface area contributed by atoms with E-state index in [0.717, 1.165) is 24.4 Å². The van der Waals surface area contributed by atoms with Crippen molar-refractivity contribution in [1.29, 1.82) is 0 Å². The predicted molar refractivity (Wildman–Crippen MR) is 75.4 cm³/mol. The van der Waals surface area contributed by atoms with E-state index in [9.17, 15) is 8.78 Å². The van der Waals surface area contributed by atoms with Crippen molar-refractivity contribution in [1.82, 2.24) is 9.78 Å². The highest BCUT2D eigenvalue weighted by Crippen LogP contribution is 2.23. The summed E-state index contributed by atoms with van der Waals surface area (Å²) in [5.74, 6) is 0. The van der Waals surface area contributed by atoms with Crippen LogP contribution in [0.15, 0.2) is 0 Å². The molecule has 0 saturated heterocycles. The molecule has 7 heteroatoms. The number of nitrogens with zero attached hydrogens (tertiary/aromatic N) is 2. The Hall–Kier alpha value is -0.720. The van der Waals surface area contributed by atoms with Gasteiger partial charge < -0.3 is 10.5 Å². The van der Waals surface area contributed by atoms with Crippen molar-refractivity contribution in [3.8, 4) is 0 Å². The molecule has 20 heavy (non-hydrogen) atoms. The standard InChI is InChI=1S/C13H22ClF2N3O/c1-3-10-13(14)11(19(4-2)18-10)7-9(17)5-6-20-8-12(15)16/h9,12H,3-8,17H2,1-2H3. The largest absolute Gasteiger partial charge is 0.375 e. The van der Waals surface area contributed by atoms with Gasteiger partial charge in [0, 0.05) is 25.6 Å². The minimum Gasteiger partial charge on any atom is -0.375 e. The summed E-state index contributed by atoms with van der Waals surface area (Å²) in [7, 11) is 0. The number of hydrogen-bond donors (Lipinski definition) is 1. The zero-order valence-electron chi connectivity index (χ0n) is 11.9. The number of alkyl halides is 2. The molecule has 1 unspecified atom stereocenters. The number of rotatable bonds is 9. The Balaban J connectivity index is 2.52. The van der Waals surface area contributed by atoms with Crippen molar-refractivity contribution in [3.63, 3.8) is 0 Å². The molecule has 1 heterocycles. The van der Waals surface area contributed by atoms with Crippen LogP contribution < -0.4 is 5.73 Å². The molecule has 1 atom stereocenters. The molecular formula is C13H22ClF2N3O. The summed E-state index contributed by atoms with van der Waals surface area (Å²) in [6, 6.07) is -0.183. The van der Waals surface area contributed by atoms with E-state index < -0.39 is 13.0 Å². The molecule has 0 amide bonds. The summed E-state index contributed by atoms with van der Waals surface area (Å²) in [5, 5.41) is 5.08. The van der Waals surface area contributed by atoms with E-state index in [1.54, 1.807) is 0 Å². The molecule has 0 saturated carbocycles. The van der Waals surface area contributed by atoms with Crippen LogP contribution in [0.5, 0.6) is 0 Å². The van der Waals surface area contributed by atoms with Gasteiger partial charge in [-0.3, -0.25) is 4.68 Å². The molecule has 0 aliphatic heterocycles. The summed E-state index contributed by atoms with van der Waals surface area (Å²) in [4.78, 5) is 0. The van der Waals surface area contributed by atoms with Crippen LogP contribution in [0.3, 0.4) is 0 Å². The van der Waals surface area contributed by atoms with E-state index in [2.05, 4.69) is 5.10 Å². The van der Waals surface area contributed by atoms with E-state index in [4.69, 9.17) is 22.1 Å². The highest BCUT2D eigenvalue weighted by Gasteiger charge is 2.17. The van der Waals surface area contributed by atoms with Gasteiger partial charge in [-0.25, -0.2) is 8.78 Å². The second-order valence-electron chi connectivity index (χ2n) is 4.60. The molecule has 116 valence electrons. The SMILES string of the molecule is CCc1nn(CC)c(CC(N)CCOCC(F)F)c1Cl. The lowest BCUT2D eigenvalue weighted by molar-refractivity contribution is 0.0152. The molecule has 1 rings (SSSR count). The van der Waals surface area contributed by atoms with Crippen molar-refractivity contribution in [2.75, 3.05) is 13.2 Å². The van der Waals surface area contributed by atoms with Crippen LogP contribution in [-0.4, -0.2) is 35.5 Å². The average Bonchev–Trinajstić information content (AvgIpc) is 2.71. The highest BCUT2D eigenvalue weighted by molar-refractivity contribution is 6.31. The third-order valence-electron chi connectivity index (χ3n) is 3.03. The second kappa shape index (κ2) is 8.54. The smallest absolute Gasteiger partial charge is 0.261 e. The third-order valence-corrected chi connectivity index (χ3v) is 3.46. The van der Waals surface area contributed by atoms with E-state index >= 15 is 0 Å². The molecule has 2 N–H and O–H groups in total.